The minimum atomic E-state index is -1.15. The number of nitrogens with zero attached hydrogens (tertiary/aromatic N) is 1. The molecule has 0 spiro atoms. The van der Waals surface area contributed by atoms with Crippen LogP contribution in [0.2, 0.25) is 5.02 Å². The van der Waals surface area contributed by atoms with Crippen molar-refractivity contribution < 1.29 is 28.6 Å². The Morgan fingerprint density at radius 2 is 1.94 bits per heavy atom. The third kappa shape index (κ3) is 6.46. The first-order valence-corrected chi connectivity index (χ1v) is 10.6. The SMILES string of the molecule is Cc1ccccc1OCC(=O)N[C@@H](C)C(=O)N/N=C\c1ccc(-c2ccc(Cl)c(C(=O)O)c2)o1. The molecule has 2 amide bonds. The van der Waals surface area contributed by atoms with Crippen LogP contribution in [0.3, 0.4) is 0 Å². The van der Waals surface area contributed by atoms with Gasteiger partial charge < -0.3 is 19.6 Å². The number of rotatable bonds is 9. The molecule has 0 radical (unpaired) electrons. The summed E-state index contributed by atoms with van der Waals surface area (Å²) in [5.74, 6) is -0.808. The van der Waals surface area contributed by atoms with Crippen LogP contribution in [0.5, 0.6) is 5.75 Å². The van der Waals surface area contributed by atoms with Crippen molar-refractivity contribution in [2.75, 3.05) is 6.61 Å². The molecule has 0 saturated heterocycles. The Morgan fingerprint density at radius 3 is 2.68 bits per heavy atom. The molecule has 0 aliphatic rings. The summed E-state index contributed by atoms with van der Waals surface area (Å²) < 4.78 is 11.1. The summed E-state index contributed by atoms with van der Waals surface area (Å²) in [4.78, 5) is 35.5. The molecule has 1 atom stereocenters. The molecule has 0 aliphatic carbocycles. The molecular weight excluding hydrogens is 462 g/mol. The number of para-hydroxylation sites is 1. The Kier molecular flexibility index (Phi) is 8.05. The highest BCUT2D eigenvalue weighted by atomic mass is 35.5. The zero-order valence-corrected chi connectivity index (χ0v) is 19.1. The number of ether oxygens (including phenoxy) is 1. The molecule has 0 fully saturated rings. The van der Waals surface area contributed by atoms with Crippen LogP contribution in [0, 0.1) is 6.92 Å². The largest absolute Gasteiger partial charge is 0.484 e. The number of furan rings is 1. The summed E-state index contributed by atoms with van der Waals surface area (Å²) in [7, 11) is 0. The number of carbonyl (C=O) groups excluding carboxylic acids is 2. The Balaban J connectivity index is 1.50. The maximum atomic E-state index is 12.2. The third-order valence-electron chi connectivity index (χ3n) is 4.70. The standard InChI is InChI=1S/C24H22ClN3O6/c1-14-5-3-4-6-20(14)33-13-22(29)27-15(2)23(30)28-26-12-17-8-10-21(34-17)16-7-9-19(25)18(11-16)24(31)32/h3-12,15H,13H2,1-2H3,(H,27,29)(H,28,30)(H,31,32)/b26-12-/t15-/m0/s1. The summed E-state index contributed by atoms with van der Waals surface area (Å²) in [6.45, 7) is 3.16. The van der Waals surface area contributed by atoms with Crippen LogP contribution in [-0.2, 0) is 9.59 Å². The second-order valence-corrected chi connectivity index (χ2v) is 7.69. The van der Waals surface area contributed by atoms with Gasteiger partial charge in [0.15, 0.2) is 6.61 Å². The topological polar surface area (TPSA) is 130 Å². The second kappa shape index (κ2) is 11.2. The zero-order chi connectivity index (χ0) is 24.7. The van der Waals surface area contributed by atoms with Gasteiger partial charge >= 0.3 is 5.97 Å². The molecule has 2 aromatic carbocycles. The Morgan fingerprint density at radius 1 is 1.18 bits per heavy atom. The summed E-state index contributed by atoms with van der Waals surface area (Å²) in [5.41, 5.74) is 3.70. The molecule has 3 rings (SSSR count). The predicted molar refractivity (Wildman–Crippen MR) is 126 cm³/mol. The van der Waals surface area contributed by atoms with E-state index >= 15 is 0 Å². The molecule has 0 bridgehead atoms. The van der Waals surface area contributed by atoms with Crippen molar-refractivity contribution in [3.8, 4) is 17.1 Å². The van der Waals surface area contributed by atoms with Crippen molar-refractivity contribution in [1.82, 2.24) is 10.7 Å². The second-order valence-electron chi connectivity index (χ2n) is 7.28. The fourth-order valence-corrected chi connectivity index (χ4v) is 3.08. The van der Waals surface area contributed by atoms with E-state index < -0.39 is 23.8 Å². The maximum absolute atomic E-state index is 12.2. The van der Waals surface area contributed by atoms with Gasteiger partial charge in [0.2, 0.25) is 0 Å². The molecule has 3 N–H and O–H groups in total. The highest BCUT2D eigenvalue weighted by Crippen LogP contribution is 2.26. The van der Waals surface area contributed by atoms with Gasteiger partial charge in [0.1, 0.15) is 23.3 Å². The van der Waals surface area contributed by atoms with Crippen LogP contribution in [0.1, 0.15) is 28.6 Å². The van der Waals surface area contributed by atoms with Gasteiger partial charge in [-0.1, -0.05) is 29.8 Å². The smallest absolute Gasteiger partial charge is 0.337 e. The van der Waals surface area contributed by atoms with Crippen LogP contribution in [0.4, 0.5) is 0 Å². The van der Waals surface area contributed by atoms with E-state index in [1.807, 2.05) is 19.1 Å². The number of aryl methyl sites for hydroxylation is 1. The fourth-order valence-electron chi connectivity index (χ4n) is 2.89. The Labute approximate surface area is 200 Å². The van der Waals surface area contributed by atoms with Gasteiger partial charge in [0.05, 0.1) is 16.8 Å². The van der Waals surface area contributed by atoms with Crippen molar-refractivity contribution in [1.29, 1.82) is 0 Å². The molecule has 0 unspecified atom stereocenters. The predicted octanol–water partition coefficient (Wildman–Crippen LogP) is 3.64. The van der Waals surface area contributed by atoms with E-state index in [2.05, 4.69) is 15.8 Å². The molecular formula is C24H22ClN3O6. The number of hydrogen-bond acceptors (Lipinski definition) is 6. The summed E-state index contributed by atoms with van der Waals surface area (Å²) in [6.07, 6.45) is 1.28. The van der Waals surface area contributed by atoms with E-state index in [-0.39, 0.29) is 17.2 Å². The van der Waals surface area contributed by atoms with E-state index in [4.69, 9.17) is 20.8 Å². The Hall–Kier alpha value is -4.11. The minimum Gasteiger partial charge on any atom is -0.484 e. The monoisotopic (exact) mass is 483 g/mol. The number of hydrogen-bond donors (Lipinski definition) is 3. The number of amides is 2. The molecule has 34 heavy (non-hydrogen) atoms. The first-order chi connectivity index (χ1) is 16.2. The van der Waals surface area contributed by atoms with Gasteiger partial charge in [-0.25, -0.2) is 10.2 Å². The minimum absolute atomic E-state index is 0.0432. The molecule has 0 aliphatic heterocycles. The Bertz CT molecular complexity index is 1240. The first kappa shape index (κ1) is 24.5. The number of nitrogens with one attached hydrogen (secondary N) is 2. The van der Waals surface area contributed by atoms with Crippen LogP contribution >= 0.6 is 11.6 Å². The fraction of sp³-hybridized carbons (Fsp3) is 0.167. The lowest BCUT2D eigenvalue weighted by atomic mass is 10.1. The van der Waals surface area contributed by atoms with Gasteiger partial charge in [-0.15, -0.1) is 0 Å². The van der Waals surface area contributed by atoms with Crippen molar-refractivity contribution in [2.45, 2.75) is 19.9 Å². The van der Waals surface area contributed by atoms with Crippen molar-refractivity contribution in [2.24, 2.45) is 5.10 Å². The van der Waals surface area contributed by atoms with Gasteiger partial charge in [-0.3, -0.25) is 9.59 Å². The zero-order valence-electron chi connectivity index (χ0n) is 18.4. The van der Waals surface area contributed by atoms with Crippen LogP contribution < -0.4 is 15.5 Å². The third-order valence-corrected chi connectivity index (χ3v) is 5.03. The quantitative estimate of drug-likeness (QED) is 0.314. The van der Waals surface area contributed by atoms with E-state index in [9.17, 15) is 19.5 Å². The number of carboxylic acid groups (broad SMARTS) is 1. The van der Waals surface area contributed by atoms with Crippen LogP contribution in [0.15, 0.2) is 64.1 Å². The molecule has 176 valence electrons. The molecule has 10 heteroatoms. The van der Waals surface area contributed by atoms with Crippen LogP contribution in [-0.4, -0.2) is 41.8 Å². The maximum Gasteiger partial charge on any atom is 0.337 e. The number of carbonyl (C=O) groups is 3. The molecule has 1 aromatic heterocycles. The van der Waals surface area contributed by atoms with E-state index in [1.165, 1.54) is 25.3 Å². The highest BCUT2D eigenvalue weighted by molar-refractivity contribution is 6.33. The summed E-state index contributed by atoms with van der Waals surface area (Å²) in [6, 6.07) is 14.2. The highest BCUT2D eigenvalue weighted by Gasteiger charge is 2.16. The molecule has 1 heterocycles. The molecule has 3 aromatic rings. The number of benzene rings is 2. The lowest BCUT2D eigenvalue weighted by molar-refractivity contribution is -0.129. The van der Waals surface area contributed by atoms with E-state index in [0.717, 1.165) is 5.56 Å². The lowest BCUT2D eigenvalue weighted by Gasteiger charge is -2.13. The van der Waals surface area contributed by atoms with Crippen molar-refractivity contribution >= 4 is 35.6 Å². The normalized spacial score (nSPS) is 11.7. The van der Waals surface area contributed by atoms with Gasteiger partial charge in [0.25, 0.3) is 11.8 Å². The van der Waals surface area contributed by atoms with Gasteiger partial charge in [0, 0.05) is 5.56 Å². The number of carboxylic acids is 1. The average molecular weight is 484 g/mol. The molecule has 9 nitrogen and oxygen atoms in total. The molecule has 0 saturated carbocycles. The van der Waals surface area contributed by atoms with Crippen molar-refractivity contribution in [3.63, 3.8) is 0 Å². The summed E-state index contributed by atoms with van der Waals surface area (Å²) >= 11 is 5.88. The average Bonchev–Trinajstić information content (AvgIpc) is 3.27. The van der Waals surface area contributed by atoms with Crippen LogP contribution in [0.25, 0.3) is 11.3 Å². The van der Waals surface area contributed by atoms with Gasteiger partial charge in [-0.05, 0) is 55.8 Å². The summed E-state index contributed by atoms with van der Waals surface area (Å²) in [5, 5.41) is 15.7. The number of halogens is 1. The van der Waals surface area contributed by atoms with E-state index in [1.54, 1.807) is 30.3 Å². The lowest BCUT2D eigenvalue weighted by Crippen LogP contribution is -2.45. The number of hydrazone groups is 1. The first-order valence-electron chi connectivity index (χ1n) is 10.2. The van der Waals surface area contributed by atoms with E-state index in [0.29, 0.717) is 22.8 Å². The van der Waals surface area contributed by atoms with Gasteiger partial charge in [-0.2, -0.15) is 5.10 Å². The number of aromatic carboxylic acids is 1. The van der Waals surface area contributed by atoms with Crippen molar-refractivity contribution in [3.05, 3.63) is 76.5 Å².